The van der Waals surface area contributed by atoms with Crippen LogP contribution in [0.3, 0.4) is 0 Å². The van der Waals surface area contributed by atoms with Crippen molar-refractivity contribution >= 4 is 0 Å². The van der Waals surface area contributed by atoms with Gasteiger partial charge in [0.2, 0.25) is 0 Å². The van der Waals surface area contributed by atoms with Gasteiger partial charge in [-0.1, -0.05) is 72.1 Å². The second-order valence-corrected chi connectivity index (χ2v) is 12.9. The zero-order chi connectivity index (χ0) is 22.6. The van der Waals surface area contributed by atoms with E-state index < -0.39 is 0 Å². The zero-order valence-electron chi connectivity index (χ0n) is 21.5. The van der Waals surface area contributed by atoms with E-state index in [2.05, 4.69) is 48.1 Å². The number of rotatable bonds is 6. The molecular weight excluding hydrogens is 376 g/mol. The Hall–Kier alpha value is -0.560. The molecule has 0 amide bonds. The van der Waals surface area contributed by atoms with Gasteiger partial charge >= 0.3 is 0 Å². The highest BCUT2D eigenvalue weighted by Crippen LogP contribution is 2.66. The Kier molecular flexibility index (Phi) is 6.59. The van der Waals surface area contributed by atoms with Crippen LogP contribution in [-0.4, -0.2) is 11.2 Å². The molecule has 0 spiro atoms. The van der Waals surface area contributed by atoms with E-state index >= 15 is 0 Å². The molecule has 0 bridgehead atoms. The van der Waals surface area contributed by atoms with Gasteiger partial charge in [0, 0.05) is 0 Å². The fourth-order valence-electron chi connectivity index (χ4n) is 9.17. The van der Waals surface area contributed by atoms with Crippen LogP contribution in [0.4, 0.5) is 0 Å². The molecule has 0 heterocycles. The van der Waals surface area contributed by atoms with Gasteiger partial charge in [0.05, 0.1) is 6.10 Å². The first-order valence-corrected chi connectivity index (χ1v) is 13.7. The van der Waals surface area contributed by atoms with Gasteiger partial charge in [0.25, 0.3) is 0 Å². The average Bonchev–Trinajstić information content (AvgIpc) is 3.08. The molecule has 176 valence electrons. The molecule has 3 saturated carbocycles. The quantitative estimate of drug-likeness (QED) is 0.423. The molecule has 31 heavy (non-hydrogen) atoms. The predicted octanol–water partition coefficient (Wildman–Crippen LogP) is 8.34. The standard InChI is InChI=1S/C30H50O/c1-8-22(19(2)3)10-9-20(4)24-13-14-26-23-11-12-25-21(5)28(31)16-18-30(25,7)27(23)15-17-29(24,26)6/h19-20,22,24-25,27-28,31H,5,8-18H2,1-4,6-7H3/t20?,22-,24-,25?,27?,28+,29-,30+/m1/s1. The summed E-state index contributed by atoms with van der Waals surface area (Å²) in [5.41, 5.74) is 5.72. The lowest BCUT2D eigenvalue weighted by atomic mass is 9.48. The molecule has 0 saturated heterocycles. The van der Waals surface area contributed by atoms with E-state index in [1.807, 2.05) is 11.1 Å². The monoisotopic (exact) mass is 426 g/mol. The maximum atomic E-state index is 10.4. The normalized spacial score (nSPS) is 42.3. The summed E-state index contributed by atoms with van der Waals surface area (Å²) >= 11 is 0. The fourth-order valence-corrected chi connectivity index (χ4v) is 9.17. The number of fused-ring (bicyclic) bond motifs is 4. The van der Waals surface area contributed by atoms with Gasteiger partial charge in [-0.05, 0) is 110 Å². The first kappa shape index (κ1) is 23.6. The van der Waals surface area contributed by atoms with Gasteiger partial charge < -0.3 is 5.11 Å². The van der Waals surface area contributed by atoms with E-state index in [9.17, 15) is 5.11 Å². The zero-order valence-corrected chi connectivity index (χ0v) is 21.5. The fraction of sp³-hybridized carbons (Fsp3) is 0.867. The third-order valence-corrected chi connectivity index (χ3v) is 11.2. The molecule has 0 aliphatic heterocycles. The maximum absolute atomic E-state index is 10.4. The van der Waals surface area contributed by atoms with Gasteiger partial charge in [-0.3, -0.25) is 0 Å². The summed E-state index contributed by atoms with van der Waals surface area (Å²) in [6.07, 6.45) is 14.1. The van der Waals surface area contributed by atoms with Crippen LogP contribution in [0.5, 0.6) is 0 Å². The number of allylic oxidation sites excluding steroid dienone is 2. The van der Waals surface area contributed by atoms with Gasteiger partial charge in [-0.2, -0.15) is 0 Å². The molecule has 4 aliphatic rings. The second-order valence-electron chi connectivity index (χ2n) is 12.9. The van der Waals surface area contributed by atoms with Crippen LogP contribution in [0, 0.1) is 46.3 Å². The van der Waals surface area contributed by atoms with Gasteiger partial charge in [0.1, 0.15) is 0 Å². The number of hydrogen-bond donors (Lipinski definition) is 1. The van der Waals surface area contributed by atoms with Crippen molar-refractivity contribution in [1.82, 2.24) is 0 Å². The van der Waals surface area contributed by atoms with Gasteiger partial charge in [-0.25, -0.2) is 0 Å². The molecule has 3 unspecified atom stereocenters. The summed E-state index contributed by atoms with van der Waals surface area (Å²) in [6.45, 7) is 19.3. The summed E-state index contributed by atoms with van der Waals surface area (Å²) < 4.78 is 0. The van der Waals surface area contributed by atoms with Gasteiger partial charge in [0.15, 0.2) is 0 Å². The van der Waals surface area contributed by atoms with Crippen LogP contribution in [0.25, 0.3) is 0 Å². The minimum atomic E-state index is -0.254. The van der Waals surface area contributed by atoms with Crippen molar-refractivity contribution in [3.8, 4) is 0 Å². The Balaban J connectivity index is 1.54. The molecule has 3 fully saturated rings. The van der Waals surface area contributed by atoms with Gasteiger partial charge in [-0.15, -0.1) is 0 Å². The number of aliphatic hydroxyl groups excluding tert-OH is 1. The summed E-state index contributed by atoms with van der Waals surface area (Å²) in [6, 6.07) is 0. The van der Waals surface area contributed by atoms with E-state index in [0.29, 0.717) is 16.7 Å². The van der Waals surface area contributed by atoms with Crippen molar-refractivity contribution in [3.05, 3.63) is 23.3 Å². The van der Waals surface area contributed by atoms with Crippen LogP contribution < -0.4 is 0 Å². The molecular formula is C30H50O. The third kappa shape index (κ3) is 3.79. The highest BCUT2D eigenvalue weighted by atomic mass is 16.3. The van der Waals surface area contributed by atoms with Crippen LogP contribution in [0.1, 0.15) is 112 Å². The lowest BCUT2D eigenvalue weighted by molar-refractivity contribution is 0.00280. The topological polar surface area (TPSA) is 20.2 Å². The van der Waals surface area contributed by atoms with E-state index in [1.165, 1.54) is 64.2 Å². The summed E-state index contributed by atoms with van der Waals surface area (Å²) in [5, 5.41) is 10.4. The Morgan fingerprint density at radius 3 is 2.39 bits per heavy atom. The SMILES string of the molecule is C=C1C2CCC3=C4CC[C@H](C(C)CC[C@@H](CC)C(C)C)[C@@]4(C)CCC3[C@@]2(C)CC[C@@H]1O. The molecule has 0 radical (unpaired) electrons. The summed E-state index contributed by atoms with van der Waals surface area (Å²) in [5.74, 6) is 4.74. The van der Waals surface area contributed by atoms with Crippen LogP contribution >= 0.6 is 0 Å². The Labute approximate surface area is 193 Å². The first-order valence-electron chi connectivity index (χ1n) is 13.7. The number of aliphatic hydroxyl groups is 1. The summed E-state index contributed by atoms with van der Waals surface area (Å²) in [7, 11) is 0. The lowest BCUT2D eigenvalue weighted by Crippen LogP contribution is -2.49. The smallest absolute Gasteiger partial charge is 0.0750 e. The number of hydrogen-bond acceptors (Lipinski definition) is 1. The molecule has 8 atom stereocenters. The van der Waals surface area contributed by atoms with Crippen LogP contribution in [0.15, 0.2) is 23.3 Å². The molecule has 1 heteroatoms. The van der Waals surface area contributed by atoms with Crippen LogP contribution in [0.2, 0.25) is 0 Å². The Morgan fingerprint density at radius 2 is 1.71 bits per heavy atom. The van der Waals surface area contributed by atoms with Crippen molar-refractivity contribution < 1.29 is 5.11 Å². The molecule has 0 aromatic carbocycles. The van der Waals surface area contributed by atoms with E-state index in [0.717, 1.165) is 41.6 Å². The average molecular weight is 427 g/mol. The highest BCUT2D eigenvalue weighted by Gasteiger charge is 2.56. The molecule has 0 aromatic heterocycles. The van der Waals surface area contributed by atoms with Crippen molar-refractivity contribution in [3.63, 3.8) is 0 Å². The highest BCUT2D eigenvalue weighted by molar-refractivity contribution is 5.36. The molecule has 1 nitrogen and oxygen atoms in total. The van der Waals surface area contributed by atoms with Crippen molar-refractivity contribution in [2.75, 3.05) is 0 Å². The van der Waals surface area contributed by atoms with E-state index in [-0.39, 0.29) is 6.10 Å². The Bertz CT molecular complexity index is 716. The maximum Gasteiger partial charge on any atom is 0.0750 e. The third-order valence-electron chi connectivity index (χ3n) is 11.2. The van der Waals surface area contributed by atoms with Crippen molar-refractivity contribution in [1.29, 1.82) is 0 Å². The molecule has 1 N–H and O–H groups in total. The van der Waals surface area contributed by atoms with Crippen LogP contribution in [-0.2, 0) is 0 Å². The van der Waals surface area contributed by atoms with E-state index in [1.54, 1.807) is 0 Å². The second kappa shape index (κ2) is 8.66. The molecule has 4 rings (SSSR count). The van der Waals surface area contributed by atoms with E-state index in [4.69, 9.17) is 0 Å². The minimum Gasteiger partial charge on any atom is -0.389 e. The first-order chi connectivity index (χ1) is 14.6. The molecule has 4 aliphatic carbocycles. The predicted molar refractivity (Wildman–Crippen MR) is 133 cm³/mol. The molecule has 0 aromatic rings. The summed E-state index contributed by atoms with van der Waals surface area (Å²) in [4.78, 5) is 0. The van der Waals surface area contributed by atoms with Crippen molar-refractivity contribution in [2.24, 2.45) is 46.3 Å². The van der Waals surface area contributed by atoms with Crippen molar-refractivity contribution in [2.45, 2.75) is 118 Å². The lowest BCUT2D eigenvalue weighted by Gasteiger charge is -2.57. The minimum absolute atomic E-state index is 0.254. The largest absolute Gasteiger partial charge is 0.389 e. The Morgan fingerprint density at radius 1 is 0.968 bits per heavy atom.